The maximum atomic E-state index is 12.9. The second-order valence-corrected chi connectivity index (χ2v) is 7.94. The molecule has 0 bridgehead atoms. The molecule has 1 aliphatic heterocycles. The van der Waals surface area contributed by atoms with Gasteiger partial charge in [0.2, 0.25) is 0 Å². The number of nitrogens with one attached hydrogen (secondary N) is 1. The zero-order chi connectivity index (χ0) is 22.7. The van der Waals surface area contributed by atoms with Gasteiger partial charge >= 0.3 is 0 Å². The second-order valence-electron chi connectivity index (χ2n) is 7.94. The summed E-state index contributed by atoms with van der Waals surface area (Å²) in [7, 11) is 1.53. The number of benzene rings is 1. The molecule has 0 spiro atoms. The summed E-state index contributed by atoms with van der Waals surface area (Å²) in [4.78, 5) is 32.0. The van der Waals surface area contributed by atoms with E-state index < -0.39 is 6.10 Å². The summed E-state index contributed by atoms with van der Waals surface area (Å²) >= 11 is 0. The third-order valence-electron chi connectivity index (χ3n) is 5.99. The fourth-order valence-electron chi connectivity index (χ4n) is 4.20. The van der Waals surface area contributed by atoms with Crippen LogP contribution in [0.4, 0.5) is 0 Å². The molecule has 7 heteroatoms. The Morgan fingerprint density at radius 3 is 2.69 bits per heavy atom. The van der Waals surface area contributed by atoms with E-state index in [0.29, 0.717) is 37.4 Å². The third kappa shape index (κ3) is 4.29. The number of nitrogens with zero attached hydrogens (tertiary/aromatic N) is 2. The van der Waals surface area contributed by atoms with Crippen molar-refractivity contribution in [1.82, 2.24) is 15.2 Å². The number of amides is 2. The van der Waals surface area contributed by atoms with Crippen molar-refractivity contribution in [2.45, 2.75) is 39.5 Å². The first-order valence-corrected chi connectivity index (χ1v) is 10.6. The highest BCUT2D eigenvalue weighted by Gasteiger charge is 2.27. The summed E-state index contributed by atoms with van der Waals surface area (Å²) in [5.74, 6) is 0.388. The Labute approximate surface area is 187 Å². The van der Waals surface area contributed by atoms with Crippen LogP contribution in [0.1, 0.15) is 50.2 Å². The van der Waals surface area contributed by atoms with Crippen LogP contribution in [0.5, 0.6) is 0 Å². The van der Waals surface area contributed by atoms with Gasteiger partial charge in [-0.05, 0) is 48.6 Å². The summed E-state index contributed by atoms with van der Waals surface area (Å²) in [6.07, 6.45) is 3.41. The van der Waals surface area contributed by atoms with Gasteiger partial charge in [-0.1, -0.05) is 30.3 Å². The van der Waals surface area contributed by atoms with E-state index in [4.69, 9.17) is 9.15 Å². The highest BCUT2D eigenvalue weighted by atomic mass is 16.5. The molecule has 2 amide bonds. The Morgan fingerprint density at radius 2 is 2.00 bits per heavy atom. The third-order valence-corrected chi connectivity index (χ3v) is 5.99. The molecule has 1 aliphatic rings. The minimum absolute atomic E-state index is 0.0388. The van der Waals surface area contributed by atoms with Crippen LogP contribution in [-0.4, -0.2) is 35.4 Å². The summed E-state index contributed by atoms with van der Waals surface area (Å²) in [5, 5.41) is 3.01. The van der Waals surface area contributed by atoms with Gasteiger partial charge in [-0.15, -0.1) is 0 Å². The number of hydrogen-bond acceptors (Lipinski definition) is 5. The van der Waals surface area contributed by atoms with Crippen molar-refractivity contribution in [1.29, 1.82) is 0 Å². The molecule has 0 fully saturated rings. The molecule has 7 nitrogen and oxygen atoms in total. The normalized spacial score (nSPS) is 14.0. The van der Waals surface area contributed by atoms with Crippen LogP contribution in [-0.2, 0) is 29.0 Å². The predicted molar refractivity (Wildman–Crippen MR) is 119 cm³/mol. The van der Waals surface area contributed by atoms with E-state index in [2.05, 4.69) is 10.3 Å². The van der Waals surface area contributed by atoms with Gasteiger partial charge in [-0.25, -0.2) is 0 Å². The zero-order valence-electron chi connectivity index (χ0n) is 18.6. The van der Waals surface area contributed by atoms with E-state index in [-0.39, 0.29) is 11.8 Å². The molecule has 1 atom stereocenters. The predicted octanol–water partition coefficient (Wildman–Crippen LogP) is 3.49. The van der Waals surface area contributed by atoms with Crippen molar-refractivity contribution in [2.24, 2.45) is 0 Å². The Balaban J connectivity index is 1.49. The molecule has 4 rings (SSSR count). The number of aryl methyl sites for hydroxylation is 2. The lowest BCUT2D eigenvalue weighted by atomic mass is 9.94. The number of carbonyl (C=O) groups excluding carboxylic acids is 2. The van der Waals surface area contributed by atoms with Crippen LogP contribution in [0.2, 0.25) is 0 Å². The molecule has 0 aliphatic carbocycles. The van der Waals surface area contributed by atoms with Crippen molar-refractivity contribution < 1.29 is 18.7 Å². The van der Waals surface area contributed by atoms with E-state index in [9.17, 15) is 9.59 Å². The summed E-state index contributed by atoms with van der Waals surface area (Å²) in [6, 6.07) is 11.1. The number of carbonyl (C=O) groups is 2. The van der Waals surface area contributed by atoms with E-state index in [1.807, 2.05) is 48.4 Å². The highest BCUT2D eigenvalue weighted by Crippen LogP contribution is 2.26. The van der Waals surface area contributed by atoms with Crippen molar-refractivity contribution in [2.75, 3.05) is 13.7 Å². The number of aromatic nitrogens is 1. The molecule has 3 aromatic rings. The van der Waals surface area contributed by atoms with Crippen LogP contribution in [0.15, 0.2) is 53.3 Å². The molecular weight excluding hydrogens is 406 g/mol. The molecule has 0 radical (unpaired) electrons. The van der Waals surface area contributed by atoms with Crippen LogP contribution in [0.3, 0.4) is 0 Å². The SMILES string of the molecule is CO[C@@H](C(=O)NCc1c(C)ncc2c1CCN(C(=O)c1ccoc1C)C2)c1ccccc1. The fraction of sp³-hybridized carbons (Fsp3) is 0.320. The van der Waals surface area contributed by atoms with E-state index in [1.54, 1.807) is 13.0 Å². The van der Waals surface area contributed by atoms with Gasteiger partial charge in [-0.2, -0.15) is 0 Å². The number of fused-ring (bicyclic) bond motifs is 1. The number of rotatable bonds is 6. The standard InChI is InChI=1S/C25H27N3O4/c1-16-22(14-27-24(29)23(31-3)18-7-5-4-6-8-18)21-9-11-28(15-19(21)13-26-16)25(30)20-10-12-32-17(20)2/h4-8,10,12-13,23H,9,11,14-15H2,1-3H3,(H,27,29)/t23-/m1/s1. The Hall–Kier alpha value is -3.45. The maximum absolute atomic E-state index is 12.9. The first-order chi connectivity index (χ1) is 15.5. The van der Waals surface area contributed by atoms with Crippen molar-refractivity contribution in [3.8, 4) is 0 Å². The van der Waals surface area contributed by atoms with Crippen molar-refractivity contribution >= 4 is 11.8 Å². The largest absolute Gasteiger partial charge is 0.469 e. The van der Waals surface area contributed by atoms with Crippen LogP contribution in [0, 0.1) is 13.8 Å². The molecule has 0 unspecified atom stereocenters. The topological polar surface area (TPSA) is 84.7 Å². The lowest BCUT2D eigenvalue weighted by Gasteiger charge is -2.30. The van der Waals surface area contributed by atoms with Crippen LogP contribution < -0.4 is 5.32 Å². The van der Waals surface area contributed by atoms with Crippen molar-refractivity contribution in [3.63, 3.8) is 0 Å². The molecule has 1 aromatic carbocycles. The lowest BCUT2D eigenvalue weighted by molar-refractivity contribution is -0.131. The molecule has 3 heterocycles. The fourth-order valence-corrected chi connectivity index (χ4v) is 4.20. The Kier molecular flexibility index (Phi) is 6.37. The van der Waals surface area contributed by atoms with E-state index >= 15 is 0 Å². The molecule has 1 N–H and O–H groups in total. The summed E-state index contributed by atoms with van der Waals surface area (Å²) in [5.41, 5.74) is 5.44. The number of ether oxygens (including phenoxy) is 1. The Morgan fingerprint density at radius 1 is 1.22 bits per heavy atom. The molecule has 0 saturated carbocycles. The first-order valence-electron chi connectivity index (χ1n) is 10.6. The van der Waals surface area contributed by atoms with Crippen LogP contribution in [0.25, 0.3) is 0 Å². The molecular formula is C25H27N3O4. The monoisotopic (exact) mass is 433 g/mol. The van der Waals surface area contributed by atoms with Gasteiger partial charge in [0, 0.05) is 38.6 Å². The van der Waals surface area contributed by atoms with Gasteiger partial charge < -0.3 is 19.4 Å². The average molecular weight is 434 g/mol. The molecule has 2 aromatic heterocycles. The quantitative estimate of drug-likeness (QED) is 0.643. The summed E-state index contributed by atoms with van der Waals surface area (Å²) in [6.45, 7) is 5.18. The lowest BCUT2D eigenvalue weighted by Crippen LogP contribution is -2.37. The highest BCUT2D eigenvalue weighted by molar-refractivity contribution is 5.95. The number of pyridine rings is 1. The maximum Gasteiger partial charge on any atom is 0.257 e. The number of methoxy groups -OCH3 is 1. The van der Waals surface area contributed by atoms with Gasteiger partial charge in [0.1, 0.15) is 5.76 Å². The average Bonchev–Trinajstić information content (AvgIpc) is 3.24. The smallest absolute Gasteiger partial charge is 0.257 e. The first kappa shape index (κ1) is 21.8. The Bertz CT molecular complexity index is 1120. The van der Waals surface area contributed by atoms with Gasteiger partial charge in [0.15, 0.2) is 6.10 Å². The summed E-state index contributed by atoms with van der Waals surface area (Å²) < 4.78 is 10.7. The minimum atomic E-state index is -0.671. The van der Waals surface area contributed by atoms with Gasteiger partial charge in [0.05, 0.1) is 11.8 Å². The van der Waals surface area contributed by atoms with E-state index in [0.717, 1.165) is 27.9 Å². The van der Waals surface area contributed by atoms with Gasteiger partial charge in [-0.3, -0.25) is 14.6 Å². The number of furan rings is 1. The second kappa shape index (κ2) is 9.36. The molecule has 0 saturated heterocycles. The minimum Gasteiger partial charge on any atom is -0.469 e. The van der Waals surface area contributed by atoms with Gasteiger partial charge in [0.25, 0.3) is 11.8 Å². The molecule has 166 valence electrons. The van der Waals surface area contributed by atoms with Crippen molar-refractivity contribution in [3.05, 3.63) is 88.1 Å². The van der Waals surface area contributed by atoms with Crippen LogP contribution >= 0.6 is 0 Å². The molecule has 32 heavy (non-hydrogen) atoms. The number of hydrogen-bond donors (Lipinski definition) is 1. The zero-order valence-corrected chi connectivity index (χ0v) is 18.6. The van der Waals surface area contributed by atoms with E-state index in [1.165, 1.54) is 13.4 Å².